The largest absolute Gasteiger partial charge is 0.496 e. The minimum Gasteiger partial charge on any atom is -0.496 e. The van der Waals surface area contributed by atoms with Crippen molar-refractivity contribution < 1.29 is 14.4 Å². The Hall–Kier alpha value is -2.61. The number of thiazole rings is 1. The number of benzene rings is 1. The summed E-state index contributed by atoms with van der Waals surface area (Å²) in [5.41, 5.74) is 1.67. The Morgan fingerprint density at radius 3 is 2.55 bits per heavy atom. The van der Waals surface area contributed by atoms with Crippen LogP contribution in [0.1, 0.15) is 5.69 Å². The van der Waals surface area contributed by atoms with Crippen LogP contribution >= 0.6 is 11.3 Å². The Labute approximate surface area is 129 Å². The van der Waals surface area contributed by atoms with E-state index in [1.165, 1.54) is 31.6 Å². The van der Waals surface area contributed by atoms with Crippen molar-refractivity contribution in [3.05, 3.63) is 39.5 Å². The zero-order chi connectivity index (χ0) is 15.9. The number of hydrogen-bond donors (Lipinski definition) is 0. The molecule has 0 amide bonds. The number of nitrogens with zero attached hydrogens (tertiary/aromatic N) is 3. The summed E-state index contributed by atoms with van der Waals surface area (Å²) >= 11 is 1.48. The summed E-state index contributed by atoms with van der Waals surface area (Å²) in [4.78, 5) is 16.3. The molecule has 2 heterocycles. The second kappa shape index (κ2) is 5.30. The Morgan fingerprint density at radius 2 is 1.95 bits per heavy atom. The van der Waals surface area contributed by atoms with Gasteiger partial charge in [0.1, 0.15) is 17.0 Å². The molecule has 1 aromatic carbocycles. The molecule has 0 fully saturated rings. The number of aromatic nitrogens is 2. The van der Waals surface area contributed by atoms with Crippen molar-refractivity contribution in [1.29, 1.82) is 0 Å². The summed E-state index contributed by atoms with van der Waals surface area (Å²) in [6, 6.07) is 3.16. The highest BCUT2D eigenvalue weighted by molar-refractivity contribution is 7.15. The maximum Gasteiger partial charge on any atom is 0.324 e. The van der Waals surface area contributed by atoms with Crippen LogP contribution in [0.2, 0.25) is 0 Å². The molecule has 0 aliphatic carbocycles. The van der Waals surface area contributed by atoms with Crippen LogP contribution in [0.5, 0.6) is 11.5 Å². The van der Waals surface area contributed by atoms with Crippen LogP contribution in [0.25, 0.3) is 16.2 Å². The Morgan fingerprint density at radius 1 is 1.27 bits per heavy atom. The van der Waals surface area contributed by atoms with E-state index in [1.807, 2.05) is 16.7 Å². The summed E-state index contributed by atoms with van der Waals surface area (Å²) in [5.74, 6) is 0.560. The average Bonchev–Trinajstić information content (AvgIpc) is 3.07. The fourth-order valence-corrected chi connectivity index (χ4v) is 3.18. The number of hydrogen-bond acceptors (Lipinski definition) is 6. The number of fused-ring (bicyclic) bond motifs is 1. The lowest BCUT2D eigenvalue weighted by Crippen LogP contribution is -1.99. The van der Waals surface area contributed by atoms with E-state index in [-0.39, 0.29) is 11.4 Å². The van der Waals surface area contributed by atoms with Crippen molar-refractivity contribution in [2.45, 2.75) is 6.92 Å². The summed E-state index contributed by atoms with van der Waals surface area (Å²) in [7, 11) is 2.87. The molecule has 22 heavy (non-hydrogen) atoms. The second-order valence-corrected chi connectivity index (χ2v) is 5.44. The van der Waals surface area contributed by atoms with E-state index in [0.717, 1.165) is 10.7 Å². The topological polar surface area (TPSA) is 78.9 Å². The monoisotopic (exact) mass is 319 g/mol. The van der Waals surface area contributed by atoms with E-state index < -0.39 is 4.92 Å². The van der Waals surface area contributed by atoms with E-state index in [1.54, 1.807) is 12.3 Å². The van der Waals surface area contributed by atoms with Gasteiger partial charge in [-0.2, -0.15) is 0 Å². The molecule has 0 spiro atoms. The molecule has 0 unspecified atom stereocenters. The zero-order valence-corrected chi connectivity index (χ0v) is 13.0. The third kappa shape index (κ3) is 2.08. The first-order valence-corrected chi connectivity index (χ1v) is 7.27. The molecule has 8 heteroatoms. The van der Waals surface area contributed by atoms with Gasteiger partial charge in [-0.05, 0) is 19.1 Å². The Balaban J connectivity index is 2.33. The van der Waals surface area contributed by atoms with E-state index in [4.69, 9.17) is 9.47 Å². The van der Waals surface area contributed by atoms with Crippen molar-refractivity contribution in [3.8, 4) is 22.8 Å². The van der Waals surface area contributed by atoms with Crippen LogP contribution in [-0.4, -0.2) is 28.5 Å². The minimum atomic E-state index is -0.475. The molecule has 0 radical (unpaired) electrons. The van der Waals surface area contributed by atoms with Crippen LogP contribution < -0.4 is 9.47 Å². The first kappa shape index (κ1) is 14.3. The predicted molar refractivity (Wildman–Crippen MR) is 83.0 cm³/mol. The van der Waals surface area contributed by atoms with E-state index in [9.17, 15) is 10.1 Å². The van der Waals surface area contributed by atoms with Crippen LogP contribution in [0.15, 0.2) is 23.7 Å². The van der Waals surface area contributed by atoms with Gasteiger partial charge >= 0.3 is 5.69 Å². The first-order chi connectivity index (χ1) is 10.6. The average molecular weight is 319 g/mol. The molecule has 0 saturated heterocycles. The number of rotatable bonds is 4. The number of nitro groups is 1. The van der Waals surface area contributed by atoms with Gasteiger partial charge in [0.25, 0.3) is 0 Å². The number of methoxy groups -OCH3 is 2. The van der Waals surface area contributed by atoms with E-state index in [2.05, 4.69) is 4.98 Å². The van der Waals surface area contributed by atoms with Crippen LogP contribution in [0.4, 0.5) is 5.69 Å². The lowest BCUT2D eigenvalue weighted by molar-refractivity contribution is -0.385. The molecule has 0 atom stereocenters. The van der Waals surface area contributed by atoms with Gasteiger partial charge in [-0.1, -0.05) is 0 Å². The molecule has 0 bridgehead atoms. The van der Waals surface area contributed by atoms with Gasteiger partial charge in [0.05, 0.1) is 19.1 Å². The smallest absolute Gasteiger partial charge is 0.324 e. The van der Waals surface area contributed by atoms with Crippen molar-refractivity contribution in [1.82, 2.24) is 9.38 Å². The number of ether oxygens (including phenoxy) is 2. The van der Waals surface area contributed by atoms with Crippen molar-refractivity contribution in [2.75, 3.05) is 14.2 Å². The second-order valence-electron chi connectivity index (χ2n) is 4.61. The van der Waals surface area contributed by atoms with Gasteiger partial charge in [-0.15, -0.1) is 11.3 Å². The molecule has 3 rings (SSSR count). The maximum absolute atomic E-state index is 11.5. The lowest BCUT2D eigenvalue weighted by atomic mass is 10.1. The normalized spacial score (nSPS) is 10.9. The Kier molecular flexibility index (Phi) is 3.45. The van der Waals surface area contributed by atoms with Gasteiger partial charge in [0.15, 0.2) is 10.7 Å². The number of nitro benzene ring substituents is 1. The standard InChI is InChI=1S/C14H13N3O4S/c1-8-7-22-14-15-9(6-16(8)14)12-10(20-2)4-5-11(21-3)13(12)17(18)19/h4-7H,1-3H3. The quantitative estimate of drug-likeness (QED) is 0.544. The molecule has 114 valence electrons. The van der Waals surface area contributed by atoms with Crippen molar-refractivity contribution >= 4 is 22.0 Å². The molecule has 7 nitrogen and oxygen atoms in total. The fourth-order valence-electron chi connectivity index (χ4n) is 2.33. The van der Waals surface area contributed by atoms with E-state index in [0.29, 0.717) is 17.0 Å². The molecular weight excluding hydrogens is 306 g/mol. The van der Waals surface area contributed by atoms with Crippen molar-refractivity contribution in [2.24, 2.45) is 0 Å². The zero-order valence-electron chi connectivity index (χ0n) is 12.2. The van der Waals surface area contributed by atoms with Crippen LogP contribution in [0.3, 0.4) is 0 Å². The van der Waals surface area contributed by atoms with Crippen LogP contribution in [0, 0.1) is 17.0 Å². The highest BCUT2D eigenvalue weighted by atomic mass is 32.1. The summed E-state index contributed by atoms with van der Waals surface area (Å²) in [6.07, 6.45) is 1.77. The molecule has 0 aliphatic rings. The lowest BCUT2D eigenvalue weighted by Gasteiger charge is -2.10. The van der Waals surface area contributed by atoms with Crippen LogP contribution in [-0.2, 0) is 0 Å². The molecular formula is C14H13N3O4S. The van der Waals surface area contributed by atoms with Gasteiger partial charge in [-0.25, -0.2) is 4.98 Å². The highest BCUT2D eigenvalue weighted by Gasteiger charge is 2.28. The summed E-state index contributed by atoms with van der Waals surface area (Å²) in [6.45, 7) is 1.95. The Bertz CT molecular complexity index is 868. The molecule has 0 N–H and O–H groups in total. The first-order valence-electron chi connectivity index (χ1n) is 6.39. The third-order valence-electron chi connectivity index (χ3n) is 3.37. The van der Waals surface area contributed by atoms with E-state index >= 15 is 0 Å². The number of imidazole rings is 1. The van der Waals surface area contributed by atoms with Gasteiger partial charge in [0, 0.05) is 17.3 Å². The molecule has 3 aromatic rings. The third-order valence-corrected chi connectivity index (χ3v) is 4.33. The highest BCUT2D eigenvalue weighted by Crippen LogP contribution is 2.43. The van der Waals surface area contributed by atoms with Gasteiger partial charge in [-0.3, -0.25) is 14.5 Å². The molecule has 2 aromatic heterocycles. The number of aryl methyl sites for hydroxylation is 1. The fraction of sp³-hybridized carbons (Fsp3) is 0.214. The van der Waals surface area contributed by atoms with Gasteiger partial charge in [0.2, 0.25) is 0 Å². The SMILES string of the molecule is COc1ccc(OC)c([N+](=O)[O-])c1-c1cn2c(C)csc2n1. The minimum absolute atomic E-state index is 0.148. The molecule has 0 saturated carbocycles. The summed E-state index contributed by atoms with van der Waals surface area (Å²) in [5, 5.41) is 13.5. The molecule has 0 aliphatic heterocycles. The predicted octanol–water partition coefficient (Wildman–Crippen LogP) is 3.30. The van der Waals surface area contributed by atoms with Gasteiger partial charge < -0.3 is 9.47 Å². The maximum atomic E-state index is 11.5. The van der Waals surface area contributed by atoms with Crippen molar-refractivity contribution in [3.63, 3.8) is 0 Å². The summed E-state index contributed by atoms with van der Waals surface area (Å²) < 4.78 is 12.3.